The number of ether oxygens (including phenoxy) is 5. The van der Waals surface area contributed by atoms with Gasteiger partial charge in [-0.2, -0.15) is 0 Å². The third-order valence-electron chi connectivity index (χ3n) is 5.52. The molecule has 3 heterocycles. The van der Waals surface area contributed by atoms with Crippen molar-refractivity contribution in [3.63, 3.8) is 0 Å². The summed E-state index contributed by atoms with van der Waals surface area (Å²) in [7, 11) is 1.54. The van der Waals surface area contributed by atoms with E-state index in [4.69, 9.17) is 23.7 Å². The lowest BCUT2D eigenvalue weighted by Crippen LogP contribution is -2.14. The van der Waals surface area contributed by atoms with Crippen molar-refractivity contribution in [2.24, 2.45) is 11.8 Å². The fourth-order valence-electron chi connectivity index (χ4n) is 4.21. The van der Waals surface area contributed by atoms with Crippen LogP contribution in [0.3, 0.4) is 0 Å². The average Bonchev–Trinajstić information content (AvgIpc) is 3.36. The van der Waals surface area contributed by atoms with Crippen LogP contribution in [0.2, 0.25) is 0 Å². The molecule has 0 bridgehead atoms. The van der Waals surface area contributed by atoms with Crippen molar-refractivity contribution in [3.8, 4) is 23.0 Å². The number of fused-ring (bicyclic) bond motifs is 2. The fraction of sp³-hybridized carbons (Fsp3) is 0.400. The van der Waals surface area contributed by atoms with Gasteiger partial charge in [0.1, 0.15) is 0 Å². The second kappa shape index (κ2) is 6.07. The maximum atomic E-state index is 10.1. The van der Waals surface area contributed by atoms with Crippen molar-refractivity contribution in [2.45, 2.75) is 12.2 Å². The summed E-state index contributed by atoms with van der Waals surface area (Å²) < 4.78 is 28.2. The highest BCUT2D eigenvalue weighted by atomic mass is 16.7. The Morgan fingerprint density at radius 1 is 0.885 bits per heavy atom. The summed E-state index contributed by atoms with van der Waals surface area (Å²) in [4.78, 5) is 0. The van der Waals surface area contributed by atoms with Gasteiger partial charge in [0.15, 0.2) is 23.0 Å². The average molecular weight is 356 g/mol. The second-order valence-electron chi connectivity index (χ2n) is 6.88. The van der Waals surface area contributed by atoms with Crippen LogP contribution in [0, 0.1) is 11.8 Å². The first-order valence-corrected chi connectivity index (χ1v) is 8.74. The molecule has 0 amide bonds. The highest BCUT2D eigenvalue weighted by molar-refractivity contribution is 5.46. The predicted octanol–water partition coefficient (Wildman–Crippen LogP) is 3.20. The highest BCUT2D eigenvalue weighted by Crippen LogP contribution is 2.51. The Morgan fingerprint density at radius 2 is 1.54 bits per heavy atom. The lowest BCUT2D eigenvalue weighted by atomic mass is 9.85. The molecule has 3 aliphatic rings. The molecular formula is C20H20O6. The van der Waals surface area contributed by atoms with E-state index in [9.17, 15) is 5.11 Å². The van der Waals surface area contributed by atoms with Crippen LogP contribution in [-0.2, 0) is 9.47 Å². The molecule has 136 valence electrons. The molecule has 4 atom stereocenters. The quantitative estimate of drug-likeness (QED) is 0.911. The van der Waals surface area contributed by atoms with Gasteiger partial charge in [0.05, 0.1) is 32.5 Å². The molecule has 2 aromatic carbocycles. The molecule has 26 heavy (non-hydrogen) atoms. The molecule has 2 saturated heterocycles. The molecule has 6 heteroatoms. The van der Waals surface area contributed by atoms with Crippen molar-refractivity contribution in [2.75, 3.05) is 27.1 Å². The van der Waals surface area contributed by atoms with Crippen LogP contribution in [0.5, 0.6) is 23.0 Å². The molecule has 0 spiro atoms. The summed E-state index contributed by atoms with van der Waals surface area (Å²) >= 11 is 0. The first kappa shape index (κ1) is 15.8. The first-order valence-electron chi connectivity index (χ1n) is 8.74. The Hall–Kier alpha value is -2.44. The van der Waals surface area contributed by atoms with Gasteiger partial charge in [-0.05, 0) is 35.4 Å². The Bertz CT molecular complexity index is 835. The SMILES string of the molecule is COc1ccc([C@H]2OC[C@H]3[C@@H]2CO[C@H]3c2ccc3c(c2)OCO3)cc1O. The highest BCUT2D eigenvalue weighted by Gasteiger charge is 2.48. The lowest BCUT2D eigenvalue weighted by Gasteiger charge is -2.17. The maximum Gasteiger partial charge on any atom is 0.231 e. The van der Waals surface area contributed by atoms with E-state index in [1.54, 1.807) is 12.1 Å². The molecule has 2 aromatic rings. The molecule has 5 rings (SSSR count). The van der Waals surface area contributed by atoms with Gasteiger partial charge in [0.25, 0.3) is 0 Å². The summed E-state index contributed by atoms with van der Waals surface area (Å²) in [5.41, 5.74) is 2.04. The van der Waals surface area contributed by atoms with Crippen molar-refractivity contribution in [1.29, 1.82) is 0 Å². The minimum atomic E-state index is -0.0872. The summed E-state index contributed by atoms with van der Waals surface area (Å²) in [5, 5.41) is 10.1. The summed E-state index contributed by atoms with van der Waals surface area (Å²) in [6.45, 7) is 1.52. The van der Waals surface area contributed by atoms with Gasteiger partial charge in [-0.15, -0.1) is 0 Å². The number of hydrogen-bond donors (Lipinski definition) is 1. The Labute approximate surface area is 151 Å². The van der Waals surface area contributed by atoms with Gasteiger partial charge >= 0.3 is 0 Å². The van der Waals surface area contributed by atoms with E-state index >= 15 is 0 Å². The van der Waals surface area contributed by atoms with Gasteiger partial charge < -0.3 is 28.8 Å². The smallest absolute Gasteiger partial charge is 0.231 e. The Balaban J connectivity index is 1.39. The summed E-state index contributed by atoms with van der Waals surface area (Å²) in [5.74, 6) is 2.65. The van der Waals surface area contributed by atoms with E-state index in [2.05, 4.69) is 0 Å². The predicted molar refractivity (Wildman–Crippen MR) is 91.6 cm³/mol. The normalized spacial score (nSPS) is 29.0. The monoisotopic (exact) mass is 356 g/mol. The van der Waals surface area contributed by atoms with Crippen LogP contribution in [-0.4, -0.2) is 32.2 Å². The topological polar surface area (TPSA) is 66.4 Å². The Morgan fingerprint density at radius 3 is 2.23 bits per heavy atom. The van der Waals surface area contributed by atoms with Crippen LogP contribution in [0.15, 0.2) is 36.4 Å². The molecule has 0 saturated carbocycles. The fourth-order valence-corrected chi connectivity index (χ4v) is 4.21. The molecule has 6 nitrogen and oxygen atoms in total. The third-order valence-corrected chi connectivity index (χ3v) is 5.52. The van der Waals surface area contributed by atoms with Crippen molar-refractivity contribution >= 4 is 0 Å². The van der Waals surface area contributed by atoms with E-state index in [-0.39, 0.29) is 36.6 Å². The van der Waals surface area contributed by atoms with Gasteiger partial charge in [0.2, 0.25) is 6.79 Å². The minimum absolute atomic E-state index is 0.0219. The van der Waals surface area contributed by atoms with Crippen molar-refractivity contribution in [3.05, 3.63) is 47.5 Å². The molecular weight excluding hydrogens is 336 g/mol. The molecule has 0 unspecified atom stereocenters. The van der Waals surface area contributed by atoms with Crippen LogP contribution in [0.1, 0.15) is 23.3 Å². The van der Waals surface area contributed by atoms with Gasteiger partial charge in [0, 0.05) is 11.8 Å². The second-order valence-corrected chi connectivity index (χ2v) is 6.88. The lowest BCUT2D eigenvalue weighted by molar-refractivity contribution is 0.0191. The molecule has 0 aromatic heterocycles. The van der Waals surface area contributed by atoms with E-state index in [1.807, 2.05) is 24.3 Å². The van der Waals surface area contributed by atoms with Crippen molar-refractivity contribution in [1.82, 2.24) is 0 Å². The van der Waals surface area contributed by atoms with Crippen LogP contribution < -0.4 is 14.2 Å². The number of methoxy groups -OCH3 is 1. The number of hydrogen-bond acceptors (Lipinski definition) is 6. The molecule has 1 N–H and O–H groups in total. The minimum Gasteiger partial charge on any atom is -0.504 e. The van der Waals surface area contributed by atoms with Crippen LogP contribution in [0.25, 0.3) is 0 Å². The van der Waals surface area contributed by atoms with Gasteiger partial charge in [-0.1, -0.05) is 12.1 Å². The zero-order valence-corrected chi connectivity index (χ0v) is 14.4. The summed E-state index contributed by atoms with van der Waals surface area (Å²) in [6.07, 6.45) is -0.109. The Kier molecular flexibility index (Phi) is 3.69. The van der Waals surface area contributed by atoms with E-state index in [0.29, 0.717) is 19.0 Å². The number of aromatic hydroxyl groups is 1. The molecule has 3 aliphatic heterocycles. The maximum absolute atomic E-state index is 10.1. The number of phenols is 1. The van der Waals surface area contributed by atoms with Gasteiger partial charge in [-0.3, -0.25) is 0 Å². The zero-order chi connectivity index (χ0) is 17.7. The first-order chi connectivity index (χ1) is 12.7. The van der Waals surface area contributed by atoms with E-state index < -0.39 is 0 Å². The molecule has 0 radical (unpaired) electrons. The standard InChI is InChI=1S/C20H20O6/c1-22-16-4-2-11(6-15(16)21)19-13-8-24-20(14(13)9-23-19)12-3-5-17-18(7-12)26-10-25-17/h2-7,13-14,19-21H,8-10H2,1H3/t13-,14-,19+,20-/m0/s1. The number of phenolic OH excluding ortho intramolecular Hbond substituents is 1. The van der Waals surface area contributed by atoms with E-state index in [0.717, 1.165) is 22.6 Å². The van der Waals surface area contributed by atoms with Gasteiger partial charge in [-0.25, -0.2) is 0 Å². The molecule has 2 fully saturated rings. The number of benzene rings is 2. The third kappa shape index (κ3) is 2.40. The van der Waals surface area contributed by atoms with Crippen LogP contribution in [0.4, 0.5) is 0 Å². The summed E-state index contributed by atoms with van der Waals surface area (Å²) in [6, 6.07) is 11.4. The largest absolute Gasteiger partial charge is 0.504 e. The number of rotatable bonds is 3. The zero-order valence-electron chi connectivity index (χ0n) is 14.4. The van der Waals surface area contributed by atoms with Crippen molar-refractivity contribution < 1.29 is 28.8 Å². The molecule has 0 aliphatic carbocycles. The van der Waals surface area contributed by atoms with Crippen LogP contribution >= 0.6 is 0 Å². The van der Waals surface area contributed by atoms with E-state index in [1.165, 1.54) is 7.11 Å².